The zero-order valence-corrected chi connectivity index (χ0v) is 10.4. The standard InChI is InChI=1S/C14H15FN4/c1-2-8-16-14-17-9-7-13(19-14)18-10-11-3-5-12(15)6-4-11/h2-7,9H,1,8,10H2,(H2,16,17,18,19). The maximum absolute atomic E-state index is 12.8. The number of benzene rings is 1. The van der Waals surface area contributed by atoms with Crippen LogP contribution in [0, 0.1) is 5.82 Å². The lowest BCUT2D eigenvalue weighted by Crippen LogP contribution is -2.06. The average Bonchev–Trinajstić information content (AvgIpc) is 2.45. The third-order valence-corrected chi connectivity index (χ3v) is 2.45. The van der Waals surface area contributed by atoms with Crippen molar-refractivity contribution < 1.29 is 4.39 Å². The average molecular weight is 258 g/mol. The molecule has 2 rings (SSSR count). The van der Waals surface area contributed by atoms with Gasteiger partial charge in [-0.3, -0.25) is 0 Å². The first-order valence-corrected chi connectivity index (χ1v) is 5.94. The van der Waals surface area contributed by atoms with Crippen LogP contribution in [0.4, 0.5) is 16.2 Å². The second-order valence-electron chi connectivity index (χ2n) is 3.92. The van der Waals surface area contributed by atoms with Gasteiger partial charge in [0.1, 0.15) is 11.6 Å². The lowest BCUT2D eigenvalue weighted by atomic mass is 10.2. The van der Waals surface area contributed by atoms with E-state index in [9.17, 15) is 4.39 Å². The number of halogens is 1. The first kappa shape index (κ1) is 13.0. The molecule has 0 aliphatic heterocycles. The van der Waals surface area contributed by atoms with Crippen LogP contribution in [-0.4, -0.2) is 16.5 Å². The molecule has 0 spiro atoms. The number of hydrogen-bond acceptors (Lipinski definition) is 4. The topological polar surface area (TPSA) is 49.8 Å². The normalized spacial score (nSPS) is 9.95. The van der Waals surface area contributed by atoms with Crippen LogP contribution in [0.25, 0.3) is 0 Å². The molecule has 98 valence electrons. The van der Waals surface area contributed by atoms with E-state index in [0.717, 1.165) is 5.56 Å². The molecule has 4 nitrogen and oxygen atoms in total. The van der Waals surface area contributed by atoms with Crippen LogP contribution in [0.2, 0.25) is 0 Å². The van der Waals surface area contributed by atoms with Gasteiger partial charge < -0.3 is 10.6 Å². The van der Waals surface area contributed by atoms with E-state index < -0.39 is 0 Å². The Kier molecular flexibility index (Phi) is 4.44. The van der Waals surface area contributed by atoms with Crippen molar-refractivity contribution in [1.29, 1.82) is 0 Å². The number of aromatic nitrogens is 2. The molecule has 2 N–H and O–H groups in total. The minimum Gasteiger partial charge on any atom is -0.366 e. The summed E-state index contributed by atoms with van der Waals surface area (Å²) in [4.78, 5) is 8.37. The fraction of sp³-hybridized carbons (Fsp3) is 0.143. The Labute approximate surface area is 111 Å². The van der Waals surface area contributed by atoms with Crippen molar-refractivity contribution in [3.05, 3.63) is 60.6 Å². The van der Waals surface area contributed by atoms with E-state index in [2.05, 4.69) is 27.2 Å². The minimum absolute atomic E-state index is 0.235. The third kappa shape index (κ3) is 4.06. The van der Waals surface area contributed by atoms with Gasteiger partial charge in [-0.1, -0.05) is 18.2 Å². The Bertz CT molecular complexity index is 539. The number of rotatable bonds is 6. The highest BCUT2D eigenvalue weighted by Crippen LogP contribution is 2.09. The molecule has 0 aliphatic carbocycles. The van der Waals surface area contributed by atoms with Crippen molar-refractivity contribution in [3.63, 3.8) is 0 Å². The van der Waals surface area contributed by atoms with E-state index >= 15 is 0 Å². The molecule has 0 radical (unpaired) electrons. The largest absolute Gasteiger partial charge is 0.366 e. The number of hydrogen-bond donors (Lipinski definition) is 2. The van der Waals surface area contributed by atoms with Crippen molar-refractivity contribution in [3.8, 4) is 0 Å². The molecule has 1 aromatic heterocycles. The van der Waals surface area contributed by atoms with Crippen molar-refractivity contribution >= 4 is 11.8 Å². The Morgan fingerprint density at radius 1 is 1.16 bits per heavy atom. The second-order valence-corrected chi connectivity index (χ2v) is 3.92. The molecule has 0 bridgehead atoms. The first-order chi connectivity index (χ1) is 9.28. The maximum Gasteiger partial charge on any atom is 0.224 e. The predicted octanol–water partition coefficient (Wildman–Crippen LogP) is 2.83. The second kappa shape index (κ2) is 6.49. The molecule has 0 fully saturated rings. The van der Waals surface area contributed by atoms with Gasteiger partial charge in [-0.25, -0.2) is 9.37 Å². The molecule has 1 heterocycles. The summed E-state index contributed by atoms with van der Waals surface area (Å²) in [6.07, 6.45) is 3.41. The van der Waals surface area contributed by atoms with Crippen LogP contribution >= 0.6 is 0 Å². The third-order valence-electron chi connectivity index (χ3n) is 2.45. The van der Waals surface area contributed by atoms with Gasteiger partial charge >= 0.3 is 0 Å². The van der Waals surface area contributed by atoms with E-state index in [1.165, 1.54) is 12.1 Å². The highest BCUT2D eigenvalue weighted by atomic mass is 19.1. The van der Waals surface area contributed by atoms with Gasteiger partial charge in [0.2, 0.25) is 5.95 Å². The van der Waals surface area contributed by atoms with Crippen molar-refractivity contribution in [2.24, 2.45) is 0 Å². The molecule has 19 heavy (non-hydrogen) atoms. The summed E-state index contributed by atoms with van der Waals surface area (Å²) in [6, 6.07) is 8.13. The van der Waals surface area contributed by atoms with E-state index in [0.29, 0.717) is 24.9 Å². The lowest BCUT2D eigenvalue weighted by Gasteiger charge is -2.07. The zero-order chi connectivity index (χ0) is 13.5. The van der Waals surface area contributed by atoms with Gasteiger partial charge in [0.05, 0.1) is 0 Å². The van der Waals surface area contributed by atoms with Crippen LogP contribution in [0.1, 0.15) is 5.56 Å². The van der Waals surface area contributed by atoms with Crippen LogP contribution in [0.15, 0.2) is 49.2 Å². The molecular formula is C14H15FN4. The van der Waals surface area contributed by atoms with Gasteiger partial charge in [0.15, 0.2) is 0 Å². The van der Waals surface area contributed by atoms with E-state index in [4.69, 9.17) is 0 Å². The van der Waals surface area contributed by atoms with Crippen LogP contribution < -0.4 is 10.6 Å². The quantitative estimate of drug-likeness (QED) is 0.782. The highest BCUT2D eigenvalue weighted by Gasteiger charge is 1.98. The minimum atomic E-state index is -0.235. The molecule has 0 saturated heterocycles. The zero-order valence-electron chi connectivity index (χ0n) is 10.4. The van der Waals surface area contributed by atoms with Gasteiger partial charge in [0.25, 0.3) is 0 Å². The molecular weight excluding hydrogens is 243 g/mol. The van der Waals surface area contributed by atoms with Gasteiger partial charge in [-0.15, -0.1) is 6.58 Å². The molecule has 5 heteroatoms. The predicted molar refractivity (Wildman–Crippen MR) is 74.4 cm³/mol. The van der Waals surface area contributed by atoms with Crippen LogP contribution in [-0.2, 0) is 6.54 Å². The van der Waals surface area contributed by atoms with E-state index in [-0.39, 0.29) is 5.82 Å². The first-order valence-electron chi connectivity index (χ1n) is 5.94. The molecule has 1 aromatic carbocycles. The summed E-state index contributed by atoms with van der Waals surface area (Å²) >= 11 is 0. The Morgan fingerprint density at radius 3 is 2.68 bits per heavy atom. The smallest absolute Gasteiger partial charge is 0.224 e. The molecule has 0 saturated carbocycles. The Balaban J connectivity index is 1.95. The molecule has 0 atom stereocenters. The Hall–Kier alpha value is -2.43. The molecule has 0 unspecified atom stereocenters. The monoisotopic (exact) mass is 258 g/mol. The summed E-state index contributed by atoms with van der Waals surface area (Å²) < 4.78 is 12.8. The van der Waals surface area contributed by atoms with E-state index in [1.807, 2.05) is 0 Å². The molecule has 0 amide bonds. The van der Waals surface area contributed by atoms with Crippen molar-refractivity contribution in [2.75, 3.05) is 17.2 Å². The highest BCUT2D eigenvalue weighted by molar-refractivity contribution is 5.40. The lowest BCUT2D eigenvalue weighted by molar-refractivity contribution is 0.627. The summed E-state index contributed by atoms with van der Waals surface area (Å²) in [5, 5.41) is 6.17. The summed E-state index contributed by atoms with van der Waals surface area (Å²) in [5.41, 5.74) is 0.987. The fourth-order valence-electron chi connectivity index (χ4n) is 1.50. The molecule has 2 aromatic rings. The number of anilines is 2. The summed E-state index contributed by atoms with van der Waals surface area (Å²) in [7, 11) is 0. The van der Waals surface area contributed by atoms with Gasteiger partial charge in [-0.2, -0.15) is 4.98 Å². The number of nitrogens with one attached hydrogen (secondary N) is 2. The maximum atomic E-state index is 12.8. The van der Waals surface area contributed by atoms with Crippen LogP contribution in [0.3, 0.4) is 0 Å². The van der Waals surface area contributed by atoms with Gasteiger partial charge in [-0.05, 0) is 23.8 Å². The molecule has 0 aliphatic rings. The SMILES string of the molecule is C=CCNc1nccc(NCc2ccc(F)cc2)n1. The fourth-order valence-corrected chi connectivity index (χ4v) is 1.50. The van der Waals surface area contributed by atoms with E-state index in [1.54, 1.807) is 30.5 Å². The summed E-state index contributed by atoms with van der Waals surface area (Å²) in [6.45, 7) is 4.81. The van der Waals surface area contributed by atoms with Crippen molar-refractivity contribution in [2.45, 2.75) is 6.54 Å². The summed E-state index contributed by atoms with van der Waals surface area (Å²) in [5.74, 6) is 1.02. The van der Waals surface area contributed by atoms with Crippen molar-refractivity contribution in [1.82, 2.24) is 9.97 Å². The Morgan fingerprint density at radius 2 is 1.95 bits per heavy atom. The van der Waals surface area contributed by atoms with Crippen LogP contribution in [0.5, 0.6) is 0 Å². The number of nitrogens with zero attached hydrogens (tertiary/aromatic N) is 2. The van der Waals surface area contributed by atoms with Gasteiger partial charge in [0, 0.05) is 19.3 Å².